The molecular formula is C29H39N7O. The Labute approximate surface area is 219 Å². The molecule has 2 saturated heterocycles. The van der Waals surface area contributed by atoms with Gasteiger partial charge in [-0.1, -0.05) is 18.6 Å². The molecule has 2 aromatic heterocycles. The molecule has 1 spiro atoms. The van der Waals surface area contributed by atoms with E-state index in [9.17, 15) is 4.79 Å². The van der Waals surface area contributed by atoms with Crippen molar-refractivity contribution in [2.24, 2.45) is 5.41 Å². The minimum absolute atomic E-state index is 0.0208. The number of benzene rings is 1. The molecule has 0 atom stereocenters. The van der Waals surface area contributed by atoms with Crippen LogP contribution < -0.4 is 0 Å². The summed E-state index contributed by atoms with van der Waals surface area (Å²) in [5.41, 5.74) is 2.55. The van der Waals surface area contributed by atoms with Crippen molar-refractivity contribution in [2.45, 2.75) is 70.6 Å². The van der Waals surface area contributed by atoms with Crippen LogP contribution in [0, 0.1) is 5.41 Å². The van der Waals surface area contributed by atoms with Crippen molar-refractivity contribution in [3.63, 3.8) is 0 Å². The lowest BCUT2D eigenvalue weighted by Crippen LogP contribution is -2.50. The SMILES string of the molecule is O=C(c1ccc(CN2CCC3(CC2)CCN(C2CCC2)CC3)cc1)N(Cc1ncc[nH]1)Cc1ncc[nH]1. The van der Waals surface area contributed by atoms with Crippen LogP contribution in [0.4, 0.5) is 0 Å². The quantitative estimate of drug-likeness (QED) is 0.483. The van der Waals surface area contributed by atoms with Gasteiger partial charge in [0.2, 0.25) is 0 Å². The summed E-state index contributed by atoms with van der Waals surface area (Å²) >= 11 is 0. The highest BCUT2D eigenvalue weighted by molar-refractivity contribution is 5.94. The predicted molar refractivity (Wildman–Crippen MR) is 143 cm³/mol. The van der Waals surface area contributed by atoms with Crippen LogP contribution in [0.2, 0.25) is 0 Å². The molecule has 0 bridgehead atoms. The lowest BCUT2D eigenvalue weighted by molar-refractivity contribution is 0.00363. The molecule has 1 amide bonds. The molecule has 3 aliphatic rings. The number of imidazole rings is 2. The molecule has 8 nitrogen and oxygen atoms in total. The standard InChI is InChI=1S/C29H39N7O/c37-28(36(21-26-30-12-13-31-26)22-27-32-14-15-33-27)24-6-4-23(5-7-24)20-34-16-8-29(9-17-34)10-18-35(19-11-29)25-2-1-3-25/h4-7,12-15,25H,1-3,8-11,16-22H2,(H,30,31)(H,32,33). The average molecular weight is 502 g/mol. The smallest absolute Gasteiger partial charge is 0.254 e. The first kappa shape index (κ1) is 24.4. The van der Waals surface area contributed by atoms with Crippen molar-refractivity contribution in [3.05, 3.63) is 71.8 Å². The Bertz CT molecular complexity index is 1080. The largest absolute Gasteiger partial charge is 0.347 e. The second-order valence-electron chi connectivity index (χ2n) is 11.3. The second-order valence-corrected chi connectivity index (χ2v) is 11.3. The van der Waals surface area contributed by atoms with E-state index in [1.54, 1.807) is 29.7 Å². The average Bonchev–Trinajstić information content (AvgIpc) is 3.60. The fraction of sp³-hybridized carbons (Fsp3) is 0.552. The normalized spacial score (nSPS) is 20.6. The van der Waals surface area contributed by atoms with Crippen LogP contribution >= 0.6 is 0 Å². The van der Waals surface area contributed by atoms with Gasteiger partial charge in [-0.2, -0.15) is 0 Å². The van der Waals surface area contributed by atoms with E-state index in [1.807, 2.05) is 12.1 Å². The van der Waals surface area contributed by atoms with E-state index in [4.69, 9.17) is 0 Å². The van der Waals surface area contributed by atoms with Gasteiger partial charge in [-0.15, -0.1) is 0 Å². The zero-order chi connectivity index (χ0) is 25.1. The van der Waals surface area contributed by atoms with E-state index in [2.05, 4.69) is 41.9 Å². The molecule has 37 heavy (non-hydrogen) atoms. The Morgan fingerprint density at radius 2 is 1.49 bits per heavy atom. The van der Waals surface area contributed by atoms with E-state index >= 15 is 0 Å². The number of carbonyl (C=O) groups excluding carboxylic acids is 1. The fourth-order valence-corrected chi connectivity index (χ4v) is 6.32. The van der Waals surface area contributed by atoms with Crippen LogP contribution in [-0.4, -0.2) is 72.8 Å². The predicted octanol–water partition coefficient (Wildman–Crippen LogP) is 4.21. The number of piperidine rings is 2. The molecule has 4 heterocycles. The first-order chi connectivity index (χ1) is 18.2. The minimum atomic E-state index is -0.0208. The highest BCUT2D eigenvalue weighted by Crippen LogP contribution is 2.43. The van der Waals surface area contributed by atoms with Gasteiger partial charge in [0.25, 0.3) is 5.91 Å². The number of likely N-dealkylation sites (tertiary alicyclic amines) is 2. The molecule has 196 valence electrons. The number of nitrogens with zero attached hydrogens (tertiary/aromatic N) is 5. The zero-order valence-electron chi connectivity index (χ0n) is 21.7. The van der Waals surface area contributed by atoms with Gasteiger partial charge in [-0.3, -0.25) is 9.69 Å². The van der Waals surface area contributed by atoms with Crippen LogP contribution in [0.3, 0.4) is 0 Å². The lowest BCUT2D eigenvalue weighted by atomic mass is 9.70. The number of nitrogens with one attached hydrogen (secondary N) is 2. The molecule has 2 aliphatic heterocycles. The molecule has 1 saturated carbocycles. The number of carbonyl (C=O) groups is 1. The maximum atomic E-state index is 13.4. The van der Waals surface area contributed by atoms with E-state index in [1.165, 1.54) is 76.7 Å². The molecule has 1 aliphatic carbocycles. The summed E-state index contributed by atoms with van der Waals surface area (Å²) in [6.07, 6.45) is 16.7. The first-order valence-corrected chi connectivity index (χ1v) is 14.0. The third-order valence-electron chi connectivity index (χ3n) is 9.05. The topological polar surface area (TPSA) is 84.2 Å². The minimum Gasteiger partial charge on any atom is -0.347 e. The van der Waals surface area contributed by atoms with Gasteiger partial charge in [-0.05, 0) is 87.8 Å². The van der Waals surface area contributed by atoms with Crippen molar-refractivity contribution < 1.29 is 4.79 Å². The molecule has 0 radical (unpaired) electrons. The monoisotopic (exact) mass is 501 g/mol. The molecule has 6 rings (SSSR count). The molecule has 8 heteroatoms. The zero-order valence-corrected chi connectivity index (χ0v) is 21.7. The number of aromatic nitrogens is 4. The number of H-pyrrole nitrogens is 2. The highest BCUT2D eigenvalue weighted by Gasteiger charge is 2.39. The lowest BCUT2D eigenvalue weighted by Gasteiger charge is -2.50. The van der Waals surface area contributed by atoms with Gasteiger partial charge >= 0.3 is 0 Å². The summed E-state index contributed by atoms with van der Waals surface area (Å²) in [4.78, 5) is 35.3. The number of rotatable bonds is 8. The van der Waals surface area contributed by atoms with Gasteiger partial charge in [0.1, 0.15) is 11.6 Å². The third kappa shape index (κ3) is 5.65. The van der Waals surface area contributed by atoms with Crippen molar-refractivity contribution in [3.8, 4) is 0 Å². The molecule has 3 aromatic rings. The van der Waals surface area contributed by atoms with E-state index in [0.29, 0.717) is 24.1 Å². The summed E-state index contributed by atoms with van der Waals surface area (Å²) < 4.78 is 0. The van der Waals surface area contributed by atoms with Crippen molar-refractivity contribution in [2.75, 3.05) is 26.2 Å². The van der Waals surface area contributed by atoms with Crippen LogP contribution in [0.25, 0.3) is 0 Å². The summed E-state index contributed by atoms with van der Waals surface area (Å²) in [6, 6.07) is 9.07. The Hall–Kier alpha value is -2.97. The molecule has 0 unspecified atom stereocenters. The maximum Gasteiger partial charge on any atom is 0.254 e. The van der Waals surface area contributed by atoms with Gasteiger partial charge in [0.05, 0.1) is 13.1 Å². The fourth-order valence-electron chi connectivity index (χ4n) is 6.32. The Morgan fingerprint density at radius 1 is 0.892 bits per heavy atom. The second kappa shape index (κ2) is 10.8. The summed E-state index contributed by atoms with van der Waals surface area (Å²) in [6.45, 7) is 6.77. The van der Waals surface area contributed by atoms with Gasteiger partial charge < -0.3 is 19.8 Å². The van der Waals surface area contributed by atoms with Crippen LogP contribution in [0.1, 0.15) is 72.5 Å². The summed E-state index contributed by atoms with van der Waals surface area (Å²) in [5, 5.41) is 0. The van der Waals surface area contributed by atoms with Crippen molar-refractivity contribution >= 4 is 5.91 Å². The van der Waals surface area contributed by atoms with Crippen LogP contribution in [-0.2, 0) is 19.6 Å². The highest BCUT2D eigenvalue weighted by atomic mass is 16.2. The molecular weight excluding hydrogens is 462 g/mol. The van der Waals surface area contributed by atoms with Gasteiger partial charge in [0.15, 0.2) is 0 Å². The molecule has 3 fully saturated rings. The molecule has 2 N–H and O–H groups in total. The van der Waals surface area contributed by atoms with Gasteiger partial charge in [0, 0.05) is 42.9 Å². The van der Waals surface area contributed by atoms with E-state index in [0.717, 1.165) is 24.2 Å². The molecule has 1 aromatic carbocycles. The first-order valence-electron chi connectivity index (χ1n) is 14.0. The van der Waals surface area contributed by atoms with Crippen LogP contribution in [0.15, 0.2) is 49.1 Å². The van der Waals surface area contributed by atoms with Crippen molar-refractivity contribution in [1.29, 1.82) is 0 Å². The summed E-state index contributed by atoms with van der Waals surface area (Å²) in [7, 11) is 0. The maximum absolute atomic E-state index is 13.4. The third-order valence-corrected chi connectivity index (χ3v) is 9.05. The van der Waals surface area contributed by atoms with E-state index in [-0.39, 0.29) is 5.91 Å². The summed E-state index contributed by atoms with van der Waals surface area (Å²) in [5.74, 6) is 1.49. The Balaban J connectivity index is 1.03. The van der Waals surface area contributed by atoms with Crippen molar-refractivity contribution in [1.82, 2.24) is 34.6 Å². The van der Waals surface area contributed by atoms with E-state index < -0.39 is 0 Å². The number of hydrogen-bond acceptors (Lipinski definition) is 5. The number of amides is 1. The van der Waals surface area contributed by atoms with Gasteiger partial charge in [-0.25, -0.2) is 9.97 Å². The Morgan fingerprint density at radius 3 is 2.00 bits per heavy atom. The van der Waals surface area contributed by atoms with Crippen LogP contribution in [0.5, 0.6) is 0 Å². The number of aromatic amines is 2. The Kier molecular flexibility index (Phi) is 7.11. The number of hydrogen-bond donors (Lipinski definition) is 2.